The van der Waals surface area contributed by atoms with Crippen LogP contribution in [0.25, 0.3) is 0 Å². The van der Waals surface area contributed by atoms with Crippen LogP contribution >= 0.6 is 0 Å². The van der Waals surface area contributed by atoms with Crippen molar-refractivity contribution >= 4 is 11.9 Å². The molecule has 0 unspecified atom stereocenters. The third-order valence-electron chi connectivity index (χ3n) is 1.57. The number of carbonyl (C=O) groups excluding carboxylic acids is 1. The van der Waals surface area contributed by atoms with E-state index in [4.69, 9.17) is 15.6 Å². The Bertz CT molecular complexity index is 405. The lowest BCUT2D eigenvalue weighted by atomic mass is 10.2. The van der Waals surface area contributed by atoms with Gasteiger partial charge in [0.05, 0.1) is 0 Å². The highest BCUT2D eigenvalue weighted by Crippen LogP contribution is 2.20. The standard InChI is InChI=1S/C9H8FNO4/c10-5-2-1-3-6(8(5)9(11)14)15-4-7(12)13/h1-3H,4H2,(H2,11,14)(H,12,13). The van der Waals surface area contributed by atoms with E-state index in [1.165, 1.54) is 12.1 Å². The average molecular weight is 213 g/mol. The predicted molar refractivity (Wildman–Crippen MR) is 48.0 cm³/mol. The fourth-order valence-corrected chi connectivity index (χ4v) is 1.00. The fraction of sp³-hybridized carbons (Fsp3) is 0.111. The van der Waals surface area contributed by atoms with E-state index in [0.29, 0.717) is 0 Å². The Morgan fingerprint density at radius 2 is 2.13 bits per heavy atom. The highest BCUT2D eigenvalue weighted by atomic mass is 19.1. The SMILES string of the molecule is NC(=O)c1c(F)cccc1OCC(=O)O. The van der Waals surface area contributed by atoms with Crippen LogP contribution in [0.1, 0.15) is 10.4 Å². The van der Waals surface area contributed by atoms with Gasteiger partial charge in [0.25, 0.3) is 5.91 Å². The van der Waals surface area contributed by atoms with Gasteiger partial charge in [0.2, 0.25) is 0 Å². The number of nitrogens with two attached hydrogens (primary N) is 1. The van der Waals surface area contributed by atoms with Crippen molar-refractivity contribution in [3.05, 3.63) is 29.6 Å². The topological polar surface area (TPSA) is 89.6 Å². The van der Waals surface area contributed by atoms with Crippen LogP contribution in [0.4, 0.5) is 4.39 Å². The maximum absolute atomic E-state index is 13.1. The molecule has 0 heterocycles. The zero-order valence-electron chi connectivity index (χ0n) is 7.57. The molecule has 80 valence electrons. The molecule has 1 amide bonds. The number of primary amides is 1. The first-order valence-electron chi connectivity index (χ1n) is 3.95. The number of rotatable bonds is 4. The summed E-state index contributed by atoms with van der Waals surface area (Å²) < 4.78 is 17.8. The number of hydrogen-bond donors (Lipinski definition) is 2. The molecule has 0 saturated carbocycles. The number of carbonyl (C=O) groups is 2. The third-order valence-corrected chi connectivity index (χ3v) is 1.57. The molecule has 3 N–H and O–H groups in total. The summed E-state index contributed by atoms with van der Waals surface area (Å²) in [6.45, 7) is -0.663. The zero-order valence-corrected chi connectivity index (χ0v) is 7.57. The number of amides is 1. The summed E-state index contributed by atoms with van der Waals surface area (Å²) >= 11 is 0. The van der Waals surface area contributed by atoms with Gasteiger partial charge in [-0.05, 0) is 12.1 Å². The van der Waals surface area contributed by atoms with Crippen LogP contribution in [0.5, 0.6) is 5.75 Å². The molecule has 6 heteroatoms. The minimum Gasteiger partial charge on any atom is -0.481 e. The molecular weight excluding hydrogens is 205 g/mol. The number of carboxylic acid groups (broad SMARTS) is 1. The summed E-state index contributed by atoms with van der Waals surface area (Å²) in [4.78, 5) is 21.0. The van der Waals surface area contributed by atoms with E-state index in [-0.39, 0.29) is 5.75 Å². The molecule has 0 aliphatic heterocycles. The van der Waals surface area contributed by atoms with Gasteiger partial charge in [0, 0.05) is 0 Å². The van der Waals surface area contributed by atoms with Crippen LogP contribution in [-0.4, -0.2) is 23.6 Å². The molecule has 0 saturated heterocycles. The number of aliphatic carboxylic acids is 1. The van der Waals surface area contributed by atoms with Gasteiger partial charge in [-0.1, -0.05) is 6.07 Å². The van der Waals surface area contributed by atoms with Gasteiger partial charge in [-0.2, -0.15) is 0 Å². The number of ether oxygens (including phenoxy) is 1. The first-order valence-corrected chi connectivity index (χ1v) is 3.95. The molecular formula is C9H8FNO4. The van der Waals surface area contributed by atoms with Crippen molar-refractivity contribution in [1.82, 2.24) is 0 Å². The number of halogens is 1. The van der Waals surface area contributed by atoms with Gasteiger partial charge in [-0.25, -0.2) is 9.18 Å². The minimum atomic E-state index is -1.23. The molecule has 0 spiro atoms. The van der Waals surface area contributed by atoms with Crippen molar-refractivity contribution < 1.29 is 23.8 Å². The van der Waals surface area contributed by atoms with Gasteiger partial charge in [-0.15, -0.1) is 0 Å². The number of carboxylic acids is 1. The Balaban J connectivity index is 3.01. The Labute approximate surface area is 84.3 Å². The second-order valence-corrected chi connectivity index (χ2v) is 2.66. The first-order chi connectivity index (χ1) is 7.02. The second-order valence-electron chi connectivity index (χ2n) is 2.66. The molecule has 0 bridgehead atoms. The molecule has 5 nitrogen and oxygen atoms in total. The van der Waals surface area contributed by atoms with Crippen LogP contribution < -0.4 is 10.5 Å². The summed E-state index contributed by atoms with van der Waals surface area (Å²) in [5, 5.41) is 8.34. The van der Waals surface area contributed by atoms with E-state index in [1.807, 2.05) is 0 Å². The summed E-state index contributed by atoms with van der Waals surface area (Å²) in [6.07, 6.45) is 0. The molecule has 0 aromatic heterocycles. The van der Waals surface area contributed by atoms with Crippen molar-refractivity contribution in [3.63, 3.8) is 0 Å². The highest BCUT2D eigenvalue weighted by Gasteiger charge is 2.15. The Morgan fingerprint density at radius 1 is 1.47 bits per heavy atom. The van der Waals surface area contributed by atoms with Crippen LogP contribution in [-0.2, 0) is 4.79 Å². The molecule has 0 radical (unpaired) electrons. The zero-order chi connectivity index (χ0) is 11.4. The van der Waals surface area contributed by atoms with E-state index in [1.54, 1.807) is 0 Å². The third kappa shape index (κ3) is 2.67. The smallest absolute Gasteiger partial charge is 0.341 e. The molecule has 0 atom stereocenters. The van der Waals surface area contributed by atoms with Crippen molar-refractivity contribution in [3.8, 4) is 5.75 Å². The number of benzene rings is 1. The molecule has 1 aromatic carbocycles. The number of hydrogen-bond acceptors (Lipinski definition) is 3. The lowest BCUT2D eigenvalue weighted by molar-refractivity contribution is -0.139. The Hall–Kier alpha value is -2.11. The molecule has 0 aliphatic carbocycles. The van der Waals surface area contributed by atoms with E-state index in [9.17, 15) is 14.0 Å². The molecule has 1 aromatic rings. The normalized spacial score (nSPS) is 9.67. The van der Waals surface area contributed by atoms with Gasteiger partial charge in [0.15, 0.2) is 6.61 Å². The van der Waals surface area contributed by atoms with Crippen LogP contribution in [0.15, 0.2) is 18.2 Å². The molecule has 15 heavy (non-hydrogen) atoms. The summed E-state index contributed by atoms with van der Waals surface area (Å²) in [6, 6.07) is 3.60. The van der Waals surface area contributed by atoms with Gasteiger partial charge >= 0.3 is 5.97 Å². The summed E-state index contributed by atoms with van der Waals surface area (Å²) in [5.41, 5.74) is 4.47. The summed E-state index contributed by atoms with van der Waals surface area (Å²) in [5.74, 6) is -3.25. The second kappa shape index (κ2) is 4.41. The van der Waals surface area contributed by atoms with E-state index in [2.05, 4.69) is 0 Å². The van der Waals surface area contributed by atoms with Crippen molar-refractivity contribution in [1.29, 1.82) is 0 Å². The minimum absolute atomic E-state index is 0.176. The largest absolute Gasteiger partial charge is 0.481 e. The van der Waals surface area contributed by atoms with E-state index >= 15 is 0 Å². The van der Waals surface area contributed by atoms with Gasteiger partial charge < -0.3 is 15.6 Å². The van der Waals surface area contributed by atoms with Gasteiger partial charge in [0.1, 0.15) is 17.1 Å². The average Bonchev–Trinajstić information content (AvgIpc) is 2.13. The summed E-state index contributed by atoms with van der Waals surface area (Å²) in [7, 11) is 0. The first kappa shape index (κ1) is 11.0. The fourth-order valence-electron chi connectivity index (χ4n) is 1.00. The molecule has 0 aliphatic rings. The Morgan fingerprint density at radius 3 is 2.67 bits per heavy atom. The van der Waals surface area contributed by atoms with Crippen LogP contribution in [0.2, 0.25) is 0 Å². The van der Waals surface area contributed by atoms with E-state index < -0.39 is 29.9 Å². The van der Waals surface area contributed by atoms with Crippen molar-refractivity contribution in [2.45, 2.75) is 0 Å². The highest BCUT2D eigenvalue weighted by molar-refractivity contribution is 5.96. The Kier molecular flexibility index (Phi) is 3.22. The van der Waals surface area contributed by atoms with E-state index in [0.717, 1.165) is 6.07 Å². The molecule has 0 fully saturated rings. The predicted octanol–water partition coefficient (Wildman–Crippen LogP) is 0.388. The van der Waals surface area contributed by atoms with Gasteiger partial charge in [-0.3, -0.25) is 4.79 Å². The van der Waals surface area contributed by atoms with Crippen LogP contribution in [0, 0.1) is 5.82 Å². The molecule has 1 rings (SSSR count). The quantitative estimate of drug-likeness (QED) is 0.756. The maximum Gasteiger partial charge on any atom is 0.341 e. The maximum atomic E-state index is 13.1. The van der Waals surface area contributed by atoms with Crippen molar-refractivity contribution in [2.75, 3.05) is 6.61 Å². The van der Waals surface area contributed by atoms with Crippen molar-refractivity contribution in [2.24, 2.45) is 5.73 Å². The lowest BCUT2D eigenvalue weighted by Crippen LogP contribution is -2.17. The lowest BCUT2D eigenvalue weighted by Gasteiger charge is -2.07. The van der Waals surface area contributed by atoms with Crippen LogP contribution in [0.3, 0.4) is 0 Å². The monoisotopic (exact) mass is 213 g/mol.